The summed E-state index contributed by atoms with van der Waals surface area (Å²) in [6, 6.07) is 32.7. The lowest BCUT2D eigenvalue weighted by Crippen LogP contribution is -3.00. The molecular formula is C29H21ClIN5O2S. The van der Waals surface area contributed by atoms with Crippen molar-refractivity contribution < 1.29 is 37.0 Å². The highest BCUT2D eigenvalue weighted by atomic mass is 127. The molecule has 0 radical (unpaired) electrons. The second-order valence-electron chi connectivity index (χ2n) is 8.50. The van der Waals surface area contributed by atoms with Crippen LogP contribution >= 0.6 is 11.6 Å². The van der Waals surface area contributed by atoms with E-state index in [0.29, 0.717) is 33.7 Å². The lowest BCUT2D eigenvalue weighted by molar-refractivity contribution is -0.559. The SMILES string of the molecule is O=S(=O)(Nc1ccc(Cl)cc1)c1cccc(-c2n(-c3ccccn3)c3ccccc3[n+]2-c2ccccn2)c1.[I-]. The number of nitrogens with one attached hydrogen (secondary N) is 1. The summed E-state index contributed by atoms with van der Waals surface area (Å²) in [4.78, 5) is 9.35. The van der Waals surface area contributed by atoms with Crippen LogP contribution in [0, 0.1) is 0 Å². The van der Waals surface area contributed by atoms with Gasteiger partial charge < -0.3 is 24.0 Å². The van der Waals surface area contributed by atoms with E-state index in [1.54, 1.807) is 54.9 Å². The molecule has 0 aliphatic heterocycles. The molecule has 3 heterocycles. The fourth-order valence-corrected chi connectivity index (χ4v) is 5.63. The molecule has 39 heavy (non-hydrogen) atoms. The zero-order valence-corrected chi connectivity index (χ0v) is 24.0. The number of hydrogen-bond donors (Lipinski definition) is 1. The molecule has 3 aromatic carbocycles. The van der Waals surface area contributed by atoms with Gasteiger partial charge in [-0.25, -0.2) is 18.0 Å². The van der Waals surface area contributed by atoms with Gasteiger partial charge in [0.05, 0.1) is 4.90 Å². The van der Waals surface area contributed by atoms with Crippen molar-refractivity contribution in [2.24, 2.45) is 0 Å². The number of pyridine rings is 2. The Labute approximate surface area is 247 Å². The van der Waals surface area contributed by atoms with Gasteiger partial charge in [-0.1, -0.05) is 41.9 Å². The average Bonchev–Trinajstić information content (AvgIpc) is 3.30. The second kappa shape index (κ2) is 11.1. The first-order chi connectivity index (χ1) is 18.5. The van der Waals surface area contributed by atoms with Gasteiger partial charge in [0.15, 0.2) is 5.82 Å². The summed E-state index contributed by atoms with van der Waals surface area (Å²) in [5, 5.41) is 0.524. The van der Waals surface area contributed by atoms with E-state index in [4.69, 9.17) is 11.6 Å². The highest BCUT2D eigenvalue weighted by Crippen LogP contribution is 2.30. The van der Waals surface area contributed by atoms with Crippen molar-refractivity contribution >= 4 is 38.3 Å². The Hall–Kier alpha value is -3.80. The molecule has 194 valence electrons. The Morgan fingerprint density at radius 1 is 0.769 bits per heavy atom. The topological polar surface area (TPSA) is 80.8 Å². The molecule has 7 nitrogen and oxygen atoms in total. The zero-order valence-electron chi connectivity index (χ0n) is 20.3. The number of imidazole rings is 1. The Bertz CT molecular complexity index is 1790. The number of anilines is 1. The number of aromatic nitrogens is 4. The number of halogens is 2. The summed E-state index contributed by atoms with van der Waals surface area (Å²) in [6.07, 6.45) is 3.46. The number of rotatable bonds is 6. The van der Waals surface area contributed by atoms with E-state index >= 15 is 0 Å². The van der Waals surface area contributed by atoms with Crippen LogP contribution in [0.5, 0.6) is 0 Å². The van der Waals surface area contributed by atoms with Crippen LogP contribution in [-0.2, 0) is 10.0 Å². The third-order valence-corrected chi connectivity index (χ3v) is 7.67. The van der Waals surface area contributed by atoms with Crippen molar-refractivity contribution in [3.8, 4) is 23.0 Å². The van der Waals surface area contributed by atoms with Gasteiger partial charge in [-0.15, -0.1) is 4.98 Å². The average molecular weight is 666 g/mol. The van der Waals surface area contributed by atoms with Crippen LogP contribution < -0.4 is 33.3 Å². The maximum atomic E-state index is 13.4. The molecule has 0 saturated heterocycles. The van der Waals surface area contributed by atoms with Gasteiger partial charge in [0.2, 0.25) is 5.82 Å². The van der Waals surface area contributed by atoms with Crippen molar-refractivity contribution in [1.29, 1.82) is 0 Å². The van der Waals surface area contributed by atoms with Crippen molar-refractivity contribution in [3.63, 3.8) is 0 Å². The molecule has 10 heteroatoms. The van der Waals surface area contributed by atoms with Crippen LogP contribution in [0.15, 0.2) is 126 Å². The molecule has 0 amide bonds. The quantitative estimate of drug-likeness (QED) is 0.219. The summed E-state index contributed by atoms with van der Waals surface area (Å²) >= 11 is 5.96. The number of para-hydroxylation sites is 2. The van der Waals surface area contributed by atoms with Gasteiger partial charge in [-0.2, -0.15) is 4.57 Å². The molecule has 0 atom stereocenters. The number of nitrogens with zero attached hydrogens (tertiary/aromatic N) is 4. The minimum absolute atomic E-state index is 0. The largest absolute Gasteiger partial charge is 1.00 e. The van der Waals surface area contributed by atoms with E-state index in [-0.39, 0.29) is 28.9 Å². The Morgan fingerprint density at radius 3 is 2.21 bits per heavy atom. The van der Waals surface area contributed by atoms with Gasteiger partial charge in [-0.3, -0.25) is 4.72 Å². The number of benzene rings is 3. The molecule has 6 aromatic rings. The fraction of sp³-hybridized carbons (Fsp3) is 0. The molecule has 0 bridgehead atoms. The minimum atomic E-state index is -3.88. The molecule has 3 aromatic heterocycles. The third kappa shape index (κ3) is 5.25. The van der Waals surface area contributed by atoms with Crippen molar-refractivity contribution in [3.05, 3.63) is 127 Å². The number of sulfonamides is 1. The van der Waals surface area contributed by atoms with Crippen LogP contribution in [0.25, 0.3) is 34.1 Å². The predicted molar refractivity (Wildman–Crippen MR) is 148 cm³/mol. The van der Waals surface area contributed by atoms with Crippen LogP contribution in [-0.4, -0.2) is 23.0 Å². The molecule has 0 unspecified atom stereocenters. The molecule has 0 saturated carbocycles. The van der Waals surface area contributed by atoms with Crippen molar-refractivity contribution in [2.45, 2.75) is 4.90 Å². The van der Waals surface area contributed by atoms with Crippen molar-refractivity contribution in [1.82, 2.24) is 14.5 Å². The number of hydrogen-bond acceptors (Lipinski definition) is 4. The zero-order chi connectivity index (χ0) is 26.1. The summed E-state index contributed by atoms with van der Waals surface area (Å²) in [7, 11) is -3.88. The predicted octanol–water partition coefficient (Wildman–Crippen LogP) is 2.82. The third-order valence-electron chi connectivity index (χ3n) is 6.04. The first-order valence-electron chi connectivity index (χ1n) is 11.8. The van der Waals surface area contributed by atoms with Gasteiger partial charge in [0.1, 0.15) is 17.2 Å². The highest BCUT2D eigenvalue weighted by Gasteiger charge is 2.29. The van der Waals surface area contributed by atoms with E-state index in [0.717, 1.165) is 11.0 Å². The van der Waals surface area contributed by atoms with E-state index in [1.165, 1.54) is 0 Å². The molecule has 6 rings (SSSR count). The molecule has 0 spiro atoms. The van der Waals surface area contributed by atoms with Crippen LogP contribution in [0.4, 0.5) is 5.69 Å². The van der Waals surface area contributed by atoms with Gasteiger partial charge in [0.25, 0.3) is 15.8 Å². The van der Waals surface area contributed by atoms with E-state index < -0.39 is 10.0 Å². The number of fused-ring (bicyclic) bond motifs is 1. The molecule has 1 N–H and O–H groups in total. The standard InChI is InChI=1S/C29H21ClN5O2S.HI/c30-22-14-16-23(17-15-22)33-38(36,37)24-9-7-8-21(20-24)29-34(27-12-3-5-18-31-27)25-10-1-2-11-26(25)35(29)28-13-4-6-19-32-28;/h1-20,33H;1H/q+1;/p-1. The maximum absolute atomic E-state index is 13.4. The van der Waals surface area contributed by atoms with Gasteiger partial charge in [0, 0.05) is 28.5 Å². The van der Waals surface area contributed by atoms with Crippen LogP contribution in [0.1, 0.15) is 0 Å². The Balaban J connectivity index is 0.00000308. The monoisotopic (exact) mass is 665 g/mol. The normalized spacial score (nSPS) is 11.2. The minimum Gasteiger partial charge on any atom is -1.00 e. The Morgan fingerprint density at radius 2 is 1.49 bits per heavy atom. The molecule has 0 aliphatic rings. The lowest BCUT2D eigenvalue weighted by atomic mass is 10.2. The van der Waals surface area contributed by atoms with Gasteiger partial charge >= 0.3 is 0 Å². The first-order valence-corrected chi connectivity index (χ1v) is 13.6. The highest BCUT2D eigenvalue weighted by molar-refractivity contribution is 7.92. The van der Waals surface area contributed by atoms with E-state index in [2.05, 4.69) is 14.7 Å². The lowest BCUT2D eigenvalue weighted by Gasteiger charge is -2.11. The Kier molecular flexibility index (Phi) is 7.65. The molecule has 0 aliphatic carbocycles. The maximum Gasteiger partial charge on any atom is 0.267 e. The summed E-state index contributed by atoms with van der Waals surface area (Å²) in [6.45, 7) is 0. The van der Waals surface area contributed by atoms with Gasteiger partial charge in [-0.05, 0) is 72.8 Å². The molecule has 0 fully saturated rings. The fourth-order valence-electron chi connectivity index (χ4n) is 4.40. The molecular weight excluding hydrogens is 645 g/mol. The summed E-state index contributed by atoms with van der Waals surface area (Å²) < 4.78 is 33.4. The first kappa shape index (κ1) is 26.8. The van der Waals surface area contributed by atoms with E-state index in [1.807, 2.05) is 75.9 Å². The smallest absolute Gasteiger partial charge is 0.267 e. The van der Waals surface area contributed by atoms with Crippen LogP contribution in [0.2, 0.25) is 5.02 Å². The summed E-state index contributed by atoms with van der Waals surface area (Å²) in [5.74, 6) is 2.11. The van der Waals surface area contributed by atoms with Crippen LogP contribution in [0.3, 0.4) is 0 Å². The second-order valence-corrected chi connectivity index (χ2v) is 10.6. The van der Waals surface area contributed by atoms with Crippen molar-refractivity contribution in [2.75, 3.05) is 4.72 Å². The summed E-state index contributed by atoms with van der Waals surface area (Å²) in [5.41, 5.74) is 2.90. The van der Waals surface area contributed by atoms with E-state index in [9.17, 15) is 8.42 Å².